The second-order valence-corrected chi connectivity index (χ2v) is 5.45. The van der Waals surface area contributed by atoms with E-state index in [1.165, 1.54) is 0 Å². The number of aromatic nitrogens is 2. The first-order valence-electron chi connectivity index (χ1n) is 6.60. The SMILES string of the molecule is Cc1ccccc1-c1noc(COc2cccc(Cl)c2Cl)n1. The minimum absolute atomic E-state index is 0.124. The molecule has 0 N–H and O–H groups in total. The molecule has 2 aromatic carbocycles. The third-order valence-corrected chi connectivity index (χ3v) is 3.92. The van der Waals surface area contributed by atoms with E-state index in [4.69, 9.17) is 32.5 Å². The summed E-state index contributed by atoms with van der Waals surface area (Å²) in [6.45, 7) is 2.12. The summed E-state index contributed by atoms with van der Waals surface area (Å²) in [6.07, 6.45) is 0. The lowest BCUT2D eigenvalue weighted by atomic mass is 10.1. The van der Waals surface area contributed by atoms with Crippen molar-refractivity contribution in [3.8, 4) is 17.1 Å². The zero-order valence-electron chi connectivity index (χ0n) is 11.7. The fraction of sp³-hybridized carbons (Fsp3) is 0.125. The van der Waals surface area contributed by atoms with Crippen LogP contribution in [0.25, 0.3) is 11.4 Å². The largest absolute Gasteiger partial charge is 0.482 e. The molecule has 0 aliphatic heterocycles. The number of benzene rings is 2. The Hall–Kier alpha value is -2.04. The lowest BCUT2D eigenvalue weighted by Crippen LogP contribution is -1.96. The van der Waals surface area contributed by atoms with Gasteiger partial charge in [0.25, 0.3) is 5.89 Å². The molecule has 6 heteroatoms. The van der Waals surface area contributed by atoms with Gasteiger partial charge >= 0.3 is 0 Å². The molecule has 0 amide bonds. The van der Waals surface area contributed by atoms with Crippen molar-refractivity contribution in [3.63, 3.8) is 0 Å². The van der Waals surface area contributed by atoms with E-state index in [9.17, 15) is 0 Å². The van der Waals surface area contributed by atoms with Gasteiger partial charge in [-0.25, -0.2) is 0 Å². The van der Waals surface area contributed by atoms with Crippen LogP contribution in [0.15, 0.2) is 47.0 Å². The van der Waals surface area contributed by atoms with Crippen molar-refractivity contribution in [2.24, 2.45) is 0 Å². The molecule has 3 aromatic rings. The van der Waals surface area contributed by atoms with Crippen molar-refractivity contribution in [2.75, 3.05) is 0 Å². The van der Waals surface area contributed by atoms with Gasteiger partial charge in [0.15, 0.2) is 6.61 Å². The maximum atomic E-state index is 6.06. The van der Waals surface area contributed by atoms with Crippen molar-refractivity contribution in [3.05, 3.63) is 64.0 Å². The number of rotatable bonds is 4. The molecule has 0 aliphatic carbocycles. The van der Waals surface area contributed by atoms with Crippen LogP contribution in [0, 0.1) is 6.92 Å². The molecule has 0 spiro atoms. The van der Waals surface area contributed by atoms with Gasteiger partial charge in [0.05, 0.1) is 5.02 Å². The van der Waals surface area contributed by atoms with E-state index in [0.717, 1.165) is 11.1 Å². The summed E-state index contributed by atoms with van der Waals surface area (Å²) in [7, 11) is 0. The summed E-state index contributed by atoms with van der Waals surface area (Å²) in [5.74, 6) is 1.38. The van der Waals surface area contributed by atoms with Crippen LogP contribution in [-0.2, 0) is 6.61 Å². The number of hydrogen-bond acceptors (Lipinski definition) is 4. The maximum absolute atomic E-state index is 6.06. The van der Waals surface area contributed by atoms with E-state index in [2.05, 4.69) is 10.1 Å². The van der Waals surface area contributed by atoms with Gasteiger partial charge in [-0.05, 0) is 24.6 Å². The molecular weight excluding hydrogens is 323 g/mol. The number of hydrogen-bond donors (Lipinski definition) is 0. The highest BCUT2D eigenvalue weighted by Gasteiger charge is 2.12. The monoisotopic (exact) mass is 334 g/mol. The molecule has 0 saturated heterocycles. The molecule has 0 radical (unpaired) electrons. The van der Waals surface area contributed by atoms with Crippen LogP contribution in [0.2, 0.25) is 10.0 Å². The van der Waals surface area contributed by atoms with Crippen LogP contribution in [-0.4, -0.2) is 10.1 Å². The van der Waals surface area contributed by atoms with Crippen molar-refractivity contribution < 1.29 is 9.26 Å². The van der Waals surface area contributed by atoms with Crippen molar-refractivity contribution in [1.29, 1.82) is 0 Å². The smallest absolute Gasteiger partial charge is 0.264 e. The van der Waals surface area contributed by atoms with Crippen LogP contribution < -0.4 is 4.74 Å². The summed E-state index contributed by atoms with van der Waals surface area (Å²) in [5.41, 5.74) is 2.01. The Labute approximate surface area is 137 Å². The molecule has 112 valence electrons. The van der Waals surface area contributed by atoms with E-state index in [1.54, 1.807) is 18.2 Å². The van der Waals surface area contributed by atoms with Gasteiger partial charge in [-0.1, -0.05) is 58.7 Å². The summed E-state index contributed by atoms with van der Waals surface area (Å²) in [5, 5.41) is 4.77. The highest BCUT2D eigenvalue weighted by Crippen LogP contribution is 2.32. The van der Waals surface area contributed by atoms with Crippen LogP contribution >= 0.6 is 23.2 Å². The van der Waals surface area contributed by atoms with E-state index >= 15 is 0 Å². The first-order chi connectivity index (χ1) is 10.6. The molecule has 0 bridgehead atoms. The molecule has 0 unspecified atom stereocenters. The molecule has 0 fully saturated rings. The third kappa shape index (κ3) is 3.08. The Morgan fingerprint density at radius 1 is 1.09 bits per heavy atom. The lowest BCUT2D eigenvalue weighted by Gasteiger charge is -2.05. The van der Waals surface area contributed by atoms with Gasteiger partial charge in [-0.15, -0.1) is 0 Å². The van der Waals surface area contributed by atoms with Crippen molar-refractivity contribution in [2.45, 2.75) is 13.5 Å². The molecule has 0 saturated carbocycles. The minimum Gasteiger partial charge on any atom is -0.482 e. The Balaban J connectivity index is 1.75. The van der Waals surface area contributed by atoms with E-state index in [1.807, 2.05) is 31.2 Å². The predicted octanol–water partition coefficient (Wildman–Crippen LogP) is 4.93. The van der Waals surface area contributed by atoms with Crippen LogP contribution in [0.5, 0.6) is 5.75 Å². The highest BCUT2D eigenvalue weighted by atomic mass is 35.5. The summed E-state index contributed by atoms with van der Waals surface area (Å²) in [4.78, 5) is 4.33. The summed E-state index contributed by atoms with van der Waals surface area (Å²) < 4.78 is 10.8. The molecule has 3 rings (SSSR count). The summed E-state index contributed by atoms with van der Waals surface area (Å²) >= 11 is 12.0. The molecule has 1 heterocycles. The Bertz CT molecular complexity index is 802. The van der Waals surface area contributed by atoms with E-state index in [-0.39, 0.29) is 6.61 Å². The first-order valence-corrected chi connectivity index (χ1v) is 7.36. The standard InChI is InChI=1S/C16H12Cl2N2O2/c1-10-5-2-3-6-11(10)16-19-14(22-20-16)9-21-13-8-4-7-12(17)15(13)18/h2-8H,9H2,1H3. The molecule has 22 heavy (non-hydrogen) atoms. The Morgan fingerprint density at radius 2 is 1.91 bits per heavy atom. The van der Waals surface area contributed by atoms with Gasteiger partial charge in [-0.3, -0.25) is 0 Å². The second-order valence-electron chi connectivity index (χ2n) is 4.67. The minimum atomic E-state index is 0.124. The van der Waals surface area contributed by atoms with E-state index < -0.39 is 0 Å². The predicted molar refractivity (Wildman–Crippen MR) is 85.3 cm³/mol. The fourth-order valence-electron chi connectivity index (χ4n) is 1.98. The van der Waals surface area contributed by atoms with Crippen molar-refractivity contribution >= 4 is 23.2 Å². The average molecular weight is 335 g/mol. The van der Waals surface area contributed by atoms with Gasteiger partial charge < -0.3 is 9.26 Å². The molecule has 4 nitrogen and oxygen atoms in total. The Morgan fingerprint density at radius 3 is 2.73 bits per heavy atom. The van der Waals surface area contributed by atoms with Gasteiger partial charge in [0.2, 0.25) is 5.82 Å². The quantitative estimate of drug-likeness (QED) is 0.678. The lowest BCUT2D eigenvalue weighted by molar-refractivity contribution is 0.243. The van der Waals surface area contributed by atoms with Crippen LogP contribution in [0.3, 0.4) is 0 Å². The average Bonchev–Trinajstić information content (AvgIpc) is 2.98. The normalized spacial score (nSPS) is 10.7. The number of aryl methyl sites for hydroxylation is 1. The molecule has 0 atom stereocenters. The fourth-order valence-corrected chi connectivity index (χ4v) is 2.33. The third-order valence-electron chi connectivity index (χ3n) is 3.12. The zero-order chi connectivity index (χ0) is 15.5. The number of ether oxygens (including phenoxy) is 1. The maximum Gasteiger partial charge on any atom is 0.264 e. The second kappa shape index (κ2) is 6.38. The van der Waals surface area contributed by atoms with Crippen LogP contribution in [0.1, 0.15) is 11.5 Å². The van der Waals surface area contributed by atoms with Crippen LogP contribution in [0.4, 0.5) is 0 Å². The Kier molecular flexibility index (Phi) is 4.32. The molecule has 1 aromatic heterocycles. The molecular formula is C16H12Cl2N2O2. The van der Waals surface area contributed by atoms with Crippen molar-refractivity contribution in [1.82, 2.24) is 10.1 Å². The van der Waals surface area contributed by atoms with Gasteiger partial charge in [-0.2, -0.15) is 4.98 Å². The molecule has 0 aliphatic rings. The zero-order valence-corrected chi connectivity index (χ0v) is 13.2. The number of nitrogens with zero attached hydrogens (tertiary/aromatic N) is 2. The number of halogens is 2. The first kappa shape index (κ1) is 14.9. The highest BCUT2D eigenvalue weighted by molar-refractivity contribution is 6.42. The van der Waals surface area contributed by atoms with E-state index in [0.29, 0.717) is 27.5 Å². The summed E-state index contributed by atoms with van der Waals surface area (Å²) in [6, 6.07) is 13.0. The van der Waals surface area contributed by atoms with Gasteiger partial charge in [0.1, 0.15) is 10.8 Å². The van der Waals surface area contributed by atoms with Gasteiger partial charge in [0, 0.05) is 5.56 Å². The topological polar surface area (TPSA) is 48.2 Å².